The lowest BCUT2D eigenvalue weighted by molar-refractivity contribution is 0.282. The number of sulfonamides is 1. The molecular weight excluding hydrogens is 290 g/mol. The predicted octanol–water partition coefficient (Wildman–Crippen LogP) is 0.433. The van der Waals surface area contributed by atoms with Crippen LogP contribution < -0.4 is 10.3 Å². The Hall–Kier alpha value is -1.71. The van der Waals surface area contributed by atoms with E-state index in [1.54, 1.807) is 12.3 Å². The van der Waals surface area contributed by atoms with Crippen molar-refractivity contribution >= 4 is 27.2 Å². The Bertz CT molecular complexity index is 728. The van der Waals surface area contributed by atoms with Crippen molar-refractivity contribution in [2.45, 2.75) is 18.4 Å². The first-order valence-corrected chi connectivity index (χ1v) is 7.56. The van der Waals surface area contributed by atoms with Gasteiger partial charge >= 0.3 is 0 Å². The van der Waals surface area contributed by atoms with E-state index in [-0.39, 0.29) is 17.3 Å². The highest BCUT2D eigenvalue weighted by atomic mass is 32.2. The van der Waals surface area contributed by atoms with E-state index in [1.165, 1.54) is 17.4 Å². The lowest BCUT2D eigenvalue weighted by Crippen LogP contribution is -2.17. The van der Waals surface area contributed by atoms with Crippen molar-refractivity contribution in [2.24, 2.45) is 0 Å². The lowest BCUT2D eigenvalue weighted by atomic mass is 10.3. The Balaban J connectivity index is 2.40. The van der Waals surface area contributed by atoms with E-state index in [1.807, 2.05) is 0 Å². The number of thiophene rings is 1. The quantitative estimate of drug-likeness (QED) is 0.758. The number of aromatic amines is 1. The SMILES string of the molecule is Cc1csc(CO)c1S(=O)(=O)Nc1ccc(=O)[nH]n1. The minimum Gasteiger partial charge on any atom is -0.391 e. The number of aromatic nitrogens is 2. The molecule has 0 bridgehead atoms. The first-order chi connectivity index (χ1) is 8.94. The van der Waals surface area contributed by atoms with Crippen LogP contribution in [0.15, 0.2) is 27.2 Å². The van der Waals surface area contributed by atoms with Crippen molar-refractivity contribution in [3.05, 3.63) is 38.3 Å². The summed E-state index contributed by atoms with van der Waals surface area (Å²) in [6.45, 7) is 1.29. The molecule has 0 aliphatic rings. The van der Waals surface area contributed by atoms with Crippen LogP contribution in [0, 0.1) is 6.92 Å². The van der Waals surface area contributed by atoms with E-state index in [9.17, 15) is 13.2 Å². The van der Waals surface area contributed by atoms with Gasteiger partial charge in [0.1, 0.15) is 4.90 Å². The second kappa shape index (κ2) is 5.11. The Morgan fingerprint density at radius 2 is 2.21 bits per heavy atom. The summed E-state index contributed by atoms with van der Waals surface area (Å²) in [4.78, 5) is 11.2. The van der Waals surface area contributed by atoms with Crippen LogP contribution in [0.25, 0.3) is 0 Å². The molecule has 0 unspecified atom stereocenters. The summed E-state index contributed by atoms with van der Waals surface area (Å²) >= 11 is 1.17. The lowest BCUT2D eigenvalue weighted by Gasteiger charge is -2.08. The van der Waals surface area contributed by atoms with E-state index in [4.69, 9.17) is 5.11 Å². The maximum absolute atomic E-state index is 12.2. The summed E-state index contributed by atoms with van der Waals surface area (Å²) in [6, 6.07) is 2.43. The van der Waals surface area contributed by atoms with Crippen LogP contribution in [0.5, 0.6) is 0 Å². The minimum absolute atomic E-state index is 0.00842. The third-order valence-electron chi connectivity index (χ3n) is 2.32. The number of rotatable bonds is 4. The zero-order chi connectivity index (χ0) is 14.0. The van der Waals surface area contributed by atoms with Crippen molar-refractivity contribution < 1.29 is 13.5 Å². The molecule has 0 atom stereocenters. The van der Waals surface area contributed by atoms with Crippen LogP contribution in [0.3, 0.4) is 0 Å². The number of hydrogen-bond donors (Lipinski definition) is 3. The van der Waals surface area contributed by atoms with Gasteiger partial charge in [-0.3, -0.25) is 9.52 Å². The zero-order valence-corrected chi connectivity index (χ0v) is 11.5. The Labute approximate surface area is 113 Å². The van der Waals surface area contributed by atoms with E-state index in [2.05, 4.69) is 14.9 Å². The molecule has 7 nitrogen and oxygen atoms in total. The van der Waals surface area contributed by atoms with Crippen molar-refractivity contribution in [1.82, 2.24) is 10.2 Å². The molecule has 2 heterocycles. The topological polar surface area (TPSA) is 112 Å². The van der Waals surface area contributed by atoms with Gasteiger partial charge < -0.3 is 5.11 Å². The summed E-state index contributed by atoms with van der Waals surface area (Å²) in [5, 5.41) is 16.5. The average molecular weight is 301 g/mol. The highest BCUT2D eigenvalue weighted by Gasteiger charge is 2.23. The smallest absolute Gasteiger partial charge is 0.264 e. The molecule has 102 valence electrons. The molecule has 0 spiro atoms. The molecule has 0 aliphatic carbocycles. The van der Waals surface area contributed by atoms with E-state index in [0.717, 1.165) is 6.07 Å². The Morgan fingerprint density at radius 1 is 1.47 bits per heavy atom. The minimum atomic E-state index is -3.84. The summed E-state index contributed by atoms with van der Waals surface area (Å²) in [6.07, 6.45) is 0. The molecule has 3 N–H and O–H groups in total. The molecule has 2 aromatic heterocycles. The number of aliphatic hydroxyl groups is 1. The molecule has 2 rings (SSSR count). The van der Waals surface area contributed by atoms with Gasteiger partial charge in [-0.2, -0.15) is 5.10 Å². The standard InChI is InChI=1S/C10H11N3O4S2/c1-6-5-18-7(4-14)10(6)19(16,17)13-8-2-3-9(15)12-11-8/h2-3,5,14H,4H2,1H3,(H,11,13)(H,12,15). The fourth-order valence-corrected chi connectivity index (χ4v) is 4.21. The van der Waals surface area contributed by atoms with Crippen molar-refractivity contribution in [2.75, 3.05) is 4.72 Å². The molecule has 0 saturated heterocycles. The molecule has 19 heavy (non-hydrogen) atoms. The molecule has 0 aliphatic heterocycles. The van der Waals surface area contributed by atoms with Crippen LogP contribution >= 0.6 is 11.3 Å². The number of H-pyrrole nitrogens is 1. The van der Waals surface area contributed by atoms with Crippen LogP contribution in [-0.4, -0.2) is 23.7 Å². The van der Waals surface area contributed by atoms with Gasteiger partial charge in [0.25, 0.3) is 15.6 Å². The van der Waals surface area contributed by atoms with Crippen LogP contribution in [-0.2, 0) is 16.6 Å². The van der Waals surface area contributed by atoms with E-state index >= 15 is 0 Å². The maximum atomic E-state index is 12.2. The van der Waals surface area contributed by atoms with Gasteiger partial charge in [-0.25, -0.2) is 13.5 Å². The number of nitrogens with one attached hydrogen (secondary N) is 2. The van der Waals surface area contributed by atoms with Gasteiger partial charge in [0.05, 0.1) is 11.5 Å². The average Bonchev–Trinajstić information content (AvgIpc) is 2.74. The maximum Gasteiger partial charge on any atom is 0.264 e. The van der Waals surface area contributed by atoms with Gasteiger partial charge in [-0.05, 0) is 23.9 Å². The second-order valence-electron chi connectivity index (χ2n) is 3.74. The molecule has 0 radical (unpaired) electrons. The predicted molar refractivity (Wildman–Crippen MR) is 70.6 cm³/mol. The van der Waals surface area contributed by atoms with E-state index < -0.39 is 15.6 Å². The Morgan fingerprint density at radius 3 is 2.79 bits per heavy atom. The fraction of sp³-hybridized carbons (Fsp3) is 0.200. The summed E-state index contributed by atoms with van der Waals surface area (Å²) in [7, 11) is -3.84. The largest absolute Gasteiger partial charge is 0.391 e. The highest BCUT2D eigenvalue weighted by molar-refractivity contribution is 7.93. The van der Waals surface area contributed by atoms with Gasteiger partial charge in [0.15, 0.2) is 5.82 Å². The van der Waals surface area contributed by atoms with Crippen molar-refractivity contribution in [3.8, 4) is 0 Å². The van der Waals surface area contributed by atoms with Crippen LogP contribution in [0.4, 0.5) is 5.82 Å². The first-order valence-electron chi connectivity index (χ1n) is 5.20. The monoisotopic (exact) mass is 301 g/mol. The van der Waals surface area contributed by atoms with Gasteiger partial charge in [-0.15, -0.1) is 11.3 Å². The Kier molecular flexibility index (Phi) is 3.69. The second-order valence-corrected chi connectivity index (χ2v) is 6.32. The summed E-state index contributed by atoms with van der Waals surface area (Å²) < 4.78 is 26.7. The number of aryl methyl sites for hydroxylation is 1. The molecule has 0 saturated carbocycles. The summed E-state index contributed by atoms with van der Waals surface area (Å²) in [5.41, 5.74) is 0.122. The first kappa shape index (κ1) is 13.7. The number of hydrogen-bond acceptors (Lipinski definition) is 6. The van der Waals surface area contributed by atoms with Crippen LogP contribution in [0.2, 0.25) is 0 Å². The van der Waals surface area contributed by atoms with Crippen LogP contribution in [0.1, 0.15) is 10.4 Å². The molecule has 0 fully saturated rings. The molecule has 9 heteroatoms. The van der Waals surface area contributed by atoms with E-state index in [0.29, 0.717) is 10.4 Å². The zero-order valence-electron chi connectivity index (χ0n) is 9.87. The summed E-state index contributed by atoms with van der Waals surface area (Å²) in [5.74, 6) is 0.00842. The number of nitrogens with zero attached hydrogens (tertiary/aromatic N) is 1. The third-order valence-corrected chi connectivity index (χ3v) is 5.12. The van der Waals surface area contributed by atoms with Gasteiger partial charge in [0, 0.05) is 6.07 Å². The van der Waals surface area contributed by atoms with Crippen molar-refractivity contribution in [3.63, 3.8) is 0 Å². The van der Waals surface area contributed by atoms with Crippen molar-refractivity contribution in [1.29, 1.82) is 0 Å². The highest BCUT2D eigenvalue weighted by Crippen LogP contribution is 2.27. The third kappa shape index (κ3) is 2.83. The fourth-order valence-electron chi connectivity index (χ4n) is 1.55. The normalized spacial score (nSPS) is 11.5. The molecule has 0 amide bonds. The molecule has 2 aromatic rings. The van der Waals surface area contributed by atoms with Gasteiger partial charge in [-0.1, -0.05) is 0 Å². The number of aliphatic hydroxyl groups excluding tert-OH is 1. The number of anilines is 1. The molecule has 0 aromatic carbocycles. The van der Waals surface area contributed by atoms with Gasteiger partial charge in [0.2, 0.25) is 0 Å². The molecular formula is C10H11N3O4S2.